The van der Waals surface area contributed by atoms with E-state index in [2.05, 4.69) is 0 Å². The minimum Gasteiger partial charge on any atom is -0.298 e. The summed E-state index contributed by atoms with van der Waals surface area (Å²) in [5, 5.41) is 0.0889. The predicted octanol–water partition coefficient (Wildman–Crippen LogP) is 2.95. The Labute approximate surface area is 91.6 Å². The van der Waals surface area contributed by atoms with Crippen molar-refractivity contribution in [3.63, 3.8) is 0 Å². The van der Waals surface area contributed by atoms with Crippen LogP contribution in [-0.2, 0) is 11.2 Å². The molecule has 0 heterocycles. The molecule has 0 saturated carbocycles. The van der Waals surface area contributed by atoms with E-state index < -0.39 is 5.82 Å². The maximum atomic E-state index is 13.0. The Morgan fingerprint density at radius 3 is 2.86 bits per heavy atom. The van der Waals surface area contributed by atoms with E-state index in [-0.39, 0.29) is 17.2 Å². The maximum absolute atomic E-state index is 13.0. The van der Waals surface area contributed by atoms with Gasteiger partial charge in [-0.2, -0.15) is 11.8 Å². The molecule has 0 fully saturated rings. The minimum absolute atomic E-state index is 0.0889. The Bertz CT molecular complexity index is 341. The Hall–Kier alpha value is -0.540. The van der Waals surface area contributed by atoms with Crippen LogP contribution in [0.4, 0.5) is 4.39 Å². The van der Waals surface area contributed by atoms with Crippen molar-refractivity contribution >= 4 is 29.1 Å². The lowest BCUT2D eigenvalue weighted by Gasteiger charge is -2.01. The molecule has 76 valence electrons. The van der Waals surface area contributed by atoms with Gasteiger partial charge in [-0.3, -0.25) is 4.79 Å². The quantitative estimate of drug-likeness (QED) is 0.794. The molecule has 0 aliphatic rings. The third-order valence-electron chi connectivity index (χ3n) is 1.69. The average molecular weight is 233 g/mol. The van der Waals surface area contributed by atoms with Crippen molar-refractivity contribution in [3.8, 4) is 0 Å². The number of hydrogen-bond acceptors (Lipinski definition) is 2. The number of rotatable bonds is 4. The summed E-state index contributed by atoms with van der Waals surface area (Å²) < 4.78 is 13.0. The lowest BCUT2D eigenvalue weighted by Crippen LogP contribution is -2.05. The number of halogens is 2. The van der Waals surface area contributed by atoms with Crippen molar-refractivity contribution in [3.05, 3.63) is 34.6 Å². The van der Waals surface area contributed by atoms with Crippen LogP contribution in [0.15, 0.2) is 18.2 Å². The van der Waals surface area contributed by atoms with Crippen LogP contribution >= 0.6 is 23.4 Å². The smallest absolute Gasteiger partial charge is 0.147 e. The van der Waals surface area contributed by atoms with Crippen LogP contribution in [0.5, 0.6) is 0 Å². The van der Waals surface area contributed by atoms with Gasteiger partial charge in [0.1, 0.15) is 11.6 Å². The van der Waals surface area contributed by atoms with Crippen molar-refractivity contribution in [2.45, 2.75) is 6.42 Å². The van der Waals surface area contributed by atoms with Crippen LogP contribution in [0.2, 0.25) is 5.02 Å². The lowest BCUT2D eigenvalue weighted by atomic mass is 10.1. The summed E-state index contributed by atoms with van der Waals surface area (Å²) in [5.41, 5.74) is 0.672. The molecular weight excluding hydrogens is 223 g/mol. The number of carbonyl (C=O) groups excluding carboxylic acids is 1. The molecule has 0 amide bonds. The molecule has 0 saturated heterocycles. The van der Waals surface area contributed by atoms with Gasteiger partial charge >= 0.3 is 0 Å². The second kappa shape index (κ2) is 5.37. The number of ketones is 1. The zero-order chi connectivity index (χ0) is 10.6. The molecule has 1 aromatic rings. The van der Waals surface area contributed by atoms with Crippen LogP contribution in [0.3, 0.4) is 0 Å². The molecule has 14 heavy (non-hydrogen) atoms. The summed E-state index contributed by atoms with van der Waals surface area (Å²) in [6.45, 7) is 0. The van der Waals surface area contributed by atoms with Crippen LogP contribution in [0, 0.1) is 5.82 Å². The third-order valence-corrected chi connectivity index (χ3v) is 2.61. The summed E-state index contributed by atoms with van der Waals surface area (Å²) in [7, 11) is 0. The highest BCUT2D eigenvalue weighted by molar-refractivity contribution is 7.99. The van der Waals surface area contributed by atoms with Crippen molar-refractivity contribution in [1.29, 1.82) is 0 Å². The van der Waals surface area contributed by atoms with Gasteiger partial charge in [0.15, 0.2) is 0 Å². The number of Topliss-reactive ketones (excluding diaryl/α,β-unsaturated/α-hetero) is 1. The van der Waals surface area contributed by atoms with E-state index in [1.807, 2.05) is 6.26 Å². The van der Waals surface area contributed by atoms with Crippen molar-refractivity contribution in [1.82, 2.24) is 0 Å². The molecule has 0 unspecified atom stereocenters. The van der Waals surface area contributed by atoms with E-state index in [4.69, 9.17) is 11.6 Å². The van der Waals surface area contributed by atoms with Gasteiger partial charge in [0.05, 0.1) is 10.8 Å². The summed E-state index contributed by atoms with van der Waals surface area (Å²) in [6, 6.07) is 4.45. The minimum atomic E-state index is -0.471. The topological polar surface area (TPSA) is 17.1 Å². The van der Waals surface area contributed by atoms with E-state index in [9.17, 15) is 9.18 Å². The zero-order valence-electron chi connectivity index (χ0n) is 7.72. The first-order valence-electron chi connectivity index (χ1n) is 4.08. The lowest BCUT2D eigenvalue weighted by molar-refractivity contribution is -0.115. The van der Waals surface area contributed by atoms with E-state index in [0.717, 1.165) is 0 Å². The molecule has 1 aromatic carbocycles. The number of carbonyl (C=O) groups is 1. The summed E-state index contributed by atoms with van der Waals surface area (Å²) in [5.74, 6) is 0.0879. The Kier molecular flexibility index (Phi) is 4.42. The van der Waals surface area contributed by atoms with Crippen molar-refractivity contribution < 1.29 is 9.18 Å². The highest BCUT2D eigenvalue weighted by Crippen LogP contribution is 2.16. The fourth-order valence-corrected chi connectivity index (χ4v) is 1.63. The summed E-state index contributed by atoms with van der Waals surface area (Å²) in [4.78, 5) is 11.2. The molecule has 0 spiro atoms. The zero-order valence-corrected chi connectivity index (χ0v) is 9.29. The first-order chi connectivity index (χ1) is 6.63. The van der Waals surface area contributed by atoms with Gasteiger partial charge in [0, 0.05) is 6.42 Å². The van der Waals surface area contributed by atoms with Crippen LogP contribution in [-0.4, -0.2) is 17.8 Å². The van der Waals surface area contributed by atoms with Gasteiger partial charge in [-0.15, -0.1) is 0 Å². The van der Waals surface area contributed by atoms with Crippen LogP contribution < -0.4 is 0 Å². The number of thioether (sulfide) groups is 1. The normalized spacial score (nSPS) is 10.2. The van der Waals surface area contributed by atoms with Gasteiger partial charge in [-0.25, -0.2) is 4.39 Å². The van der Waals surface area contributed by atoms with Gasteiger partial charge < -0.3 is 0 Å². The molecular formula is C10H10ClFOS. The van der Waals surface area contributed by atoms with Crippen LogP contribution in [0.25, 0.3) is 0 Å². The second-order valence-electron chi connectivity index (χ2n) is 2.90. The number of benzene rings is 1. The summed E-state index contributed by atoms with van der Waals surface area (Å²) in [6.07, 6.45) is 2.13. The van der Waals surface area contributed by atoms with E-state index in [0.29, 0.717) is 11.3 Å². The molecule has 0 atom stereocenters. The second-order valence-corrected chi connectivity index (χ2v) is 4.17. The molecule has 1 nitrogen and oxygen atoms in total. The molecule has 0 aliphatic carbocycles. The van der Waals surface area contributed by atoms with Gasteiger partial charge in [0.25, 0.3) is 0 Å². The maximum Gasteiger partial charge on any atom is 0.147 e. The molecule has 0 N–H and O–H groups in total. The highest BCUT2D eigenvalue weighted by Gasteiger charge is 2.05. The largest absolute Gasteiger partial charge is 0.298 e. The molecule has 0 aromatic heterocycles. The SMILES string of the molecule is CSCC(=O)Cc1ccc(Cl)c(F)c1. The molecule has 0 aliphatic heterocycles. The molecule has 4 heteroatoms. The average Bonchev–Trinajstić information content (AvgIpc) is 2.12. The van der Waals surface area contributed by atoms with E-state index in [1.165, 1.54) is 23.9 Å². The molecule has 0 radical (unpaired) electrons. The first kappa shape index (κ1) is 11.5. The van der Waals surface area contributed by atoms with Gasteiger partial charge in [-0.05, 0) is 24.0 Å². The Morgan fingerprint density at radius 1 is 1.57 bits per heavy atom. The van der Waals surface area contributed by atoms with Crippen molar-refractivity contribution in [2.24, 2.45) is 0 Å². The first-order valence-corrected chi connectivity index (χ1v) is 5.85. The van der Waals surface area contributed by atoms with Gasteiger partial charge in [-0.1, -0.05) is 17.7 Å². The monoisotopic (exact) mass is 232 g/mol. The van der Waals surface area contributed by atoms with Gasteiger partial charge in [0.2, 0.25) is 0 Å². The molecule has 1 rings (SSSR count). The summed E-state index contributed by atoms with van der Waals surface area (Å²) >= 11 is 6.98. The van der Waals surface area contributed by atoms with Crippen molar-refractivity contribution in [2.75, 3.05) is 12.0 Å². The fourth-order valence-electron chi connectivity index (χ4n) is 1.09. The standard InChI is InChI=1S/C10H10ClFOS/c1-14-6-8(13)4-7-2-3-9(11)10(12)5-7/h2-3,5H,4,6H2,1H3. The Morgan fingerprint density at radius 2 is 2.29 bits per heavy atom. The molecule has 0 bridgehead atoms. The van der Waals surface area contributed by atoms with Crippen LogP contribution in [0.1, 0.15) is 5.56 Å². The third kappa shape index (κ3) is 3.31. The number of hydrogen-bond donors (Lipinski definition) is 0. The highest BCUT2D eigenvalue weighted by atomic mass is 35.5. The fraction of sp³-hybridized carbons (Fsp3) is 0.300. The Balaban J connectivity index is 2.68. The van der Waals surface area contributed by atoms with E-state index in [1.54, 1.807) is 6.07 Å². The van der Waals surface area contributed by atoms with E-state index >= 15 is 0 Å². The predicted molar refractivity (Wildman–Crippen MR) is 58.5 cm³/mol.